The van der Waals surface area contributed by atoms with Crippen LogP contribution in [0.4, 0.5) is 9.18 Å². The SMILES string of the molecule is COC(=O)N1C(c2cccc(F)c2)c2[nH]c3ncncc3c2CC12CC2. The molecular formula is C19H17FN4O2. The molecule has 26 heavy (non-hydrogen) atoms. The number of methoxy groups -OCH3 is 1. The summed E-state index contributed by atoms with van der Waals surface area (Å²) in [5.41, 5.74) is 3.11. The highest BCUT2D eigenvalue weighted by molar-refractivity contribution is 5.83. The fraction of sp³-hybridized carbons (Fsp3) is 0.316. The minimum atomic E-state index is -0.446. The van der Waals surface area contributed by atoms with Crippen molar-refractivity contribution in [1.82, 2.24) is 19.9 Å². The first kappa shape index (κ1) is 15.3. The van der Waals surface area contributed by atoms with Gasteiger partial charge in [0.05, 0.1) is 12.6 Å². The van der Waals surface area contributed by atoms with Gasteiger partial charge in [-0.05, 0) is 42.5 Å². The van der Waals surface area contributed by atoms with Gasteiger partial charge in [-0.3, -0.25) is 4.90 Å². The minimum absolute atomic E-state index is 0.290. The van der Waals surface area contributed by atoms with Gasteiger partial charge >= 0.3 is 6.09 Å². The van der Waals surface area contributed by atoms with E-state index in [-0.39, 0.29) is 11.4 Å². The highest BCUT2D eigenvalue weighted by Crippen LogP contribution is 2.55. The molecule has 1 aliphatic carbocycles. The Bertz CT molecular complexity index is 1030. The Balaban J connectivity index is 1.78. The van der Waals surface area contributed by atoms with E-state index in [2.05, 4.69) is 15.0 Å². The zero-order chi connectivity index (χ0) is 17.9. The number of carbonyl (C=O) groups is 1. The van der Waals surface area contributed by atoms with Crippen molar-refractivity contribution < 1.29 is 13.9 Å². The molecule has 0 radical (unpaired) electrons. The average molecular weight is 352 g/mol. The smallest absolute Gasteiger partial charge is 0.410 e. The van der Waals surface area contributed by atoms with Gasteiger partial charge in [-0.1, -0.05) is 12.1 Å². The second-order valence-electron chi connectivity index (χ2n) is 7.00. The zero-order valence-electron chi connectivity index (χ0n) is 14.2. The van der Waals surface area contributed by atoms with E-state index < -0.39 is 12.1 Å². The normalized spacial score (nSPS) is 20.2. The summed E-state index contributed by atoms with van der Waals surface area (Å²) in [5.74, 6) is -0.333. The number of carbonyl (C=O) groups excluding carboxylic acids is 1. The summed E-state index contributed by atoms with van der Waals surface area (Å²) in [6.45, 7) is 0. The van der Waals surface area contributed by atoms with Crippen molar-refractivity contribution in [2.24, 2.45) is 0 Å². The summed E-state index contributed by atoms with van der Waals surface area (Å²) in [7, 11) is 1.38. The molecule has 2 aromatic heterocycles. The van der Waals surface area contributed by atoms with Crippen LogP contribution in [-0.2, 0) is 11.2 Å². The van der Waals surface area contributed by atoms with Gasteiger partial charge in [0.25, 0.3) is 0 Å². The summed E-state index contributed by atoms with van der Waals surface area (Å²) in [4.78, 5) is 26.3. The quantitative estimate of drug-likeness (QED) is 0.729. The Labute approximate surface area is 149 Å². The van der Waals surface area contributed by atoms with Crippen molar-refractivity contribution in [3.05, 3.63) is 59.4 Å². The lowest BCUT2D eigenvalue weighted by Crippen LogP contribution is -2.49. The van der Waals surface area contributed by atoms with Crippen molar-refractivity contribution in [2.75, 3.05) is 7.11 Å². The minimum Gasteiger partial charge on any atom is -0.453 e. The third-order valence-corrected chi connectivity index (χ3v) is 5.53. The highest BCUT2D eigenvalue weighted by atomic mass is 19.1. The molecule has 1 atom stereocenters. The number of halogens is 1. The van der Waals surface area contributed by atoms with Gasteiger partial charge in [-0.25, -0.2) is 19.2 Å². The lowest BCUT2D eigenvalue weighted by Gasteiger charge is -2.42. The molecule has 132 valence electrons. The maximum absolute atomic E-state index is 14.0. The van der Waals surface area contributed by atoms with Gasteiger partial charge in [0.2, 0.25) is 0 Å². The number of fused-ring (bicyclic) bond motifs is 3. The van der Waals surface area contributed by atoms with Crippen LogP contribution >= 0.6 is 0 Å². The van der Waals surface area contributed by atoms with E-state index in [0.717, 1.165) is 41.6 Å². The summed E-state index contributed by atoms with van der Waals surface area (Å²) in [6.07, 6.45) is 5.40. The summed E-state index contributed by atoms with van der Waals surface area (Å²) in [5, 5.41) is 0.958. The van der Waals surface area contributed by atoms with E-state index in [9.17, 15) is 9.18 Å². The van der Waals surface area contributed by atoms with Crippen molar-refractivity contribution in [2.45, 2.75) is 30.8 Å². The van der Waals surface area contributed by atoms with Gasteiger partial charge in [0.15, 0.2) is 0 Å². The number of aromatic nitrogens is 3. The van der Waals surface area contributed by atoms with Crippen LogP contribution < -0.4 is 0 Å². The Morgan fingerprint density at radius 2 is 2.27 bits per heavy atom. The molecule has 3 heterocycles. The van der Waals surface area contributed by atoms with Crippen LogP contribution in [0, 0.1) is 5.82 Å². The van der Waals surface area contributed by atoms with E-state index >= 15 is 0 Å². The van der Waals surface area contributed by atoms with Gasteiger partial charge < -0.3 is 9.72 Å². The molecule has 1 amide bonds. The van der Waals surface area contributed by atoms with Crippen LogP contribution in [-0.4, -0.2) is 38.6 Å². The molecule has 5 rings (SSSR count). The number of hydrogen-bond acceptors (Lipinski definition) is 4. The third-order valence-electron chi connectivity index (χ3n) is 5.53. The standard InChI is InChI=1S/C19H17FN4O2/c1-26-18(25)24-16(11-3-2-4-12(20)7-11)15-13(8-19(24)5-6-19)14-9-21-10-22-17(14)23-15/h2-4,7,9-10,16H,5-6,8H2,1H3,(H,21,22,23). The number of H-pyrrole nitrogens is 1. The van der Waals surface area contributed by atoms with Crippen molar-refractivity contribution in [1.29, 1.82) is 0 Å². The van der Waals surface area contributed by atoms with Gasteiger partial charge in [-0.2, -0.15) is 0 Å². The van der Waals surface area contributed by atoms with E-state index in [1.807, 2.05) is 6.07 Å². The molecule has 6 nitrogen and oxygen atoms in total. The Morgan fingerprint density at radius 3 is 3.00 bits per heavy atom. The van der Waals surface area contributed by atoms with Crippen molar-refractivity contribution >= 4 is 17.1 Å². The number of rotatable bonds is 1. The van der Waals surface area contributed by atoms with Gasteiger partial charge in [0.1, 0.15) is 23.8 Å². The molecule has 7 heteroatoms. The Morgan fingerprint density at radius 1 is 1.42 bits per heavy atom. The molecular weight excluding hydrogens is 335 g/mol. The average Bonchev–Trinajstić information content (AvgIpc) is 3.32. The van der Waals surface area contributed by atoms with E-state index in [1.165, 1.54) is 25.6 Å². The lowest BCUT2D eigenvalue weighted by molar-refractivity contribution is 0.0751. The second-order valence-corrected chi connectivity index (χ2v) is 7.00. The fourth-order valence-corrected chi connectivity index (χ4v) is 4.19. The van der Waals surface area contributed by atoms with Crippen LogP contribution in [0.1, 0.15) is 35.7 Å². The molecule has 1 spiro atoms. The van der Waals surface area contributed by atoms with Crippen LogP contribution in [0.25, 0.3) is 11.0 Å². The first-order chi connectivity index (χ1) is 12.6. The molecule has 2 aliphatic rings. The number of hydrogen-bond donors (Lipinski definition) is 1. The molecule has 1 saturated carbocycles. The molecule has 0 bridgehead atoms. The predicted octanol–water partition coefficient (Wildman–Crippen LogP) is 3.34. The monoisotopic (exact) mass is 352 g/mol. The number of benzene rings is 1. The van der Waals surface area contributed by atoms with E-state index in [4.69, 9.17) is 4.74 Å². The number of aromatic amines is 1. The number of ether oxygens (including phenoxy) is 1. The first-order valence-electron chi connectivity index (χ1n) is 8.56. The van der Waals surface area contributed by atoms with Crippen LogP contribution in [0.15, 0.2) is 36.8 Å². The largest absolute Gasteiger partial charge is 0.453 e. The molecule has 1 unspecified atom stereocenters. The predicted molar refractivity (Wildman–Crippen MR) is 92.0 cm³/mol. The molecule has 1 aromatic carbocycles. The van der Waals surface area contributed by atoms with Crippen LogP contribution in [0.3, 0.4) is 0 Å². The van der Waals surface area contributed by atoms with Crippen LogP contribution in [0.2, 0.25) is 0 Å². The molecule has 0 saturated heterocycles. The van der Waals surface area contributed by atoms with Gasteiger partial charge in [0, 0.05) is 17.3 Å². The van der Waals surface area contributed by atoms with Crippen LogP contribution in [0.5, 0.6) is 0 Å². The molecule has 1 fully saturated rings. The fourth-order valence-electron chi connectivity index (χ4n) is 4.19. The van der Waals surface area contributed by atoms with Crippen molar-refractivity contribution in [3.8, 4) is 0 Å². The molecule has 1 aliphatic heterocycles. The number of nitrogens with zero attached hydrogens (tertiary/aromatic N) is 3. The van der Waals surface area contributed by atoms with Gasteiger partial charge in [-0.15, -0.1) is 0 Å². The Kier molecular flexibility index (Phi) is 3.10. The maximum Gasteiger partial charge on any atom is 0.410 e. The summed E-state index contributed by atoms with van der Waals surface area (Å²) in [6, 6.07) is 5.93. The number of amides is 1. The highest BCUT2D eigenvalue weighted by Gasteiger charge is 2.57. The van der Waals surface area contributed by atoms with E-state index in [0.29, 0.717) is 5.56 Å². The summed E-state index contributed by atoms with van der Waals surface area (Å²) < 4.78 is 19.0. The molecule has 3 aromatic rings. The maximum atomic E-state index is 14.0. The van der Waals surface area contributed by atoms with Crippen molar-refractivity contribution in [3.63, 3.8) is 0 Å². The second kappa shape index (κ2) is 5.27. The number of nitrogens with one attached hydrogen (secondary N) is 1. The molecule has 1 N–H and O–H groups in total. The topological polar surface area (TPSA) is 71.1 Å². The third kappa shape index (κ3) is 2.06. The summed E-state index contributed by atoms with van der Waals surface area (Å²) >= 11 is 0. The lowest BCUT2D eigenvalue weighted by atomic mass is 9.87. The Hall–Kier alpha value is -2.96. The van der Waals surface area contributed by atoms with E-state index in [1.54, 1.807) is 17.2 Å². The zero-order valence-corrected chi connectivity index (χ0v) is 14.2. The first-order valence-corrected chi connectivity index (χ1v) is 8.56.